The van der Waals surface area contributed by atoms with Gasteiger partial charge in [-0.2, -0.15) is 0 Å². The Morgan fingerprint density at radius 1 is 1.40 bits per heavy atom. The predicted octanol–water partition coefficient (Wildman–Crippen LogP) is 3.39. The van der Waals surface area contributed by atoms with Gasteiger partial charge in [-0.05, 0) is 19.3 Å². The third-order valence-electron chi connectivity index (χ3n) is 3.05. The molecule has 1 rings (SSSR count). The number of halogens is 1. The number of carbonyl (C=O) groups is 1. The SMILES string of the molecule is CCCCC(Br)C(=O)NC1CCCCC1. The van der Waals surface area contributed by atoms with Gasteiger partial charge in [0.25, 0.3) is 0 Å². The van der Waals surface area contributed by atoms with Gasteiger partial charge in [0.05, 0.1) is 4.83 Å². The molecule has 0 saturated heterocycles. The van der Waals surface area contributed by atoms with Crippen LogP contribution >= 0.6 is 15.9 Å². The molecule has 0 bridgehead atoms. The zero-order chi connectivity index (χ0) is 11.1. The first kappa shape index (κ1) is 13.0. The minimum absolute atomic E-state index is 0.0133. The van der Waals surface area contributed by atoms with Crippen molar-refractivity contribution >= 4 is 21.8 Å². The summed E-state index contributed by atoms with van der Waals surface area (Å²) >= 11 is 3.46. The Bertz CT molecular complexity index is 190. The number of amides is 1. The molecule has 0 heterocycles. The van der Waals surface area contributed by atoms with Crippen LogP contribution < -0.4 is 5.32 Å². The molecule has 1 aliphatic carbocycles. The Labute approximate surface area is 101 Å². The monoisotopic (exact) mass is 275 g/mol. The van der Waals surface area contributed by atoms with Gasteiger partial charge in [-0.3, -0.25) is 4.79 Å². The van der Waals surface area contributed by atoms with Crippen LogP contribution in [0, 0.1) is 0 Å². The van der Waals surface area contributed by atoms with E-state index in [1.165, 1.54) is 32.1 Å². The molecule has 0 spiro atoms. The van der Waals surface area contributed by atoms with E-state index in [0.717, 1.165) is 19.3 Å². The van der Waals surface area contributed by atoms with Gasteiger partial charge in [-0.25, -0.2) is 0 Å². The molecular weight excluding hydrogens is 254 g/mol. The van der Waals surface area contributed by atoms with Crippen molar-refractivity contribution in [3.05, 3.63) is 0 Å². The van der Waals surface area contributed by atoms with Gasteiger partial charge in [0.1, 0.15) is 0 Å². The summed E-state index contributed by atoms with van der Waals surface area (Å²) in [4.78, 5) is 11.8. The highest BCUT2D eigenvalue weighted by molar-refractivity contribution is 9.10. The van der Waals surface area contributed by atoms with E-state index in [-0.39, 0.29) is 10.7 Å². The summed E-state index contributed by atoms with van der Waals surface area (Å²) in [6.07, 6.45) is 9.43. The average Bonchev–Trinajstić information content (AvgIpc) is 2.27. The molecule has 1 unspecified atom stereocenters. The van der Waals surface area contributed by atoms with Crippen LogP contribution in [0.1, 0.15) is 58.3 Å². The second-order valence-electron chi connectivity index (χ2n) is 4.45. The van der Waals surface area contributed by atoms with Gasteiger partial charge in [-0.1, -0.05) is 55.0 Å². The maximum absolute atomic E-state index is 11.8. The summed E-state index contributed by atoms with van der Waals surface area (Å²) in [5, 5.41) is 3.14. The largest absolute Gasteiger partial charge is 0.352 e. The van der Waals surface area contributed by atoms with Crippen LogP contribution in [0.15, 0.2) is 0 Å². The van der Waals surface area contributed by atoms with Crippen molar-refractivity contribution in [2.75, 3.05) is 0 Å². The minimum Gasteiger partial charge on any atom is -0.352 e. The molecule has 0 aromatic carbocycles. The molecule has 1 saturated carbocycles. The Kier molecular flexibility index (Phi) is 6.30. The normalized spacial score (nSPS) is 19.9. The van der Waals surface area contributed by atoms with Crippen LogP contribution in [0.5, 0.6) is 0 Å². The van der Waals surface area contributed by atoms with E-state index in [9.17, 15) is 4.79 Å². The van der Waals surface area contributed by atoms with Crippen molar-refractivity contribution in [2.24, 2.45) is 0 Å². The van der Waals surface area contributed by atoms with E-state index in [0.29, 0.717) is 6.04 Å². The van der Waals surface area contributed by atoms with E-state index in [4.69, 9.17) is 0 Å². The maximum Gasteiger partial charge on any atom is 0.233 e. The summed E-state index contributed by atoms with van der Waals surface area (Å²) in [6.45, 7) is 2.15. The van der Waals surface area contributed by atoms with E-state index >= 15 is 0 Å². The summed E-state index contributed by atoms with van der Waals surface area (Å²) in [5.41, 5.74) is 0. The highest BCUT2D eigenvalue weighted by Crippen LogP contribution is 2.18. The number of unbranched alkanes of at least 4 members (excludes halogenated alkanes) is 1. The maximum atomic E-state index is 11.8. The molecule has 3 heteroatoms. The lowest BCUT2D eigenvalue weighted by molar-refractivity contribution is -0.121. The van der Waals surface area contributed by atoms with Crippen LogP contribution in [-0.2, 0) is 4.79 Å². The van der Waals surface area contributed by atoms with Crippen LogP contribution in [0.4, 0.5) is 0 Å². The smallest absolute Gasteiger partial charge is 0.233 e. The van der Waals surface area contributed by atoms with E-state index < -0.39 is 0 Å². The highest BCUT2D eigenvalue weighted by Gasteiger charge is 2.19. The lowest BCUT2D eigenvalue weighted by Crippen LogP contribution is -2.40. The van der Waals surface area contributed by atoms with Gasteiger partial charge in [0.15, 0.2) is 0 Å². The van der Waals surface area contributed by atoms with Gasteiger partial charge in [0, 0.05) is 6.04 Å². The first-order valence-corrected chi connectivity index (χ1v) is 7.10. The van der Waals surface area contributed by atoms with E-state index in [1.807, 2.05) is 0 Å². The summed E-state index contributed by atoms with van der Waals surface area (Å²) < 4.78 is 0. The molecule has 1 atom stereocenters. The predicted molar refractivity (Wildman–Crippen MR) is 67.3 cm³/mol. The molecule has 88 valence electrons. The molecule has 2 nitrogen and oxygen atoms in total. The van der Waals surface area contributed by atoms with Crippen molar-refractivity contribution in [1.29, 1.82) is 0 Å². The second-order valence-corrected chi connectivity index (χ2v) is 5.56. The summed E-state index contributed by atoms with van der Waals surface area (Å²) in [6, 6.07) is 0.438. The summed E-state index contributed by atoms with van der Waals surface area (Å²) in [7, 11) is 0. The third kappa shape index (κ3) is 5.01. The first-order valence-electron chi connectivity index (χ1n) is 6.18. The Morgan fingerprint density at radius 2 is 2.07 bits per heavy atom. The molecule has 0 aliphatic heterocycles. The van der Waals surface area contributed by atoms with E-state index in [1.54, 1.807) is 0 Å². The molecule has 1 aliphatic rings. The fraction of sp³-hybridized carbons (Fsp3) is 0.917. The molecule has 1 amide bonds. The number of alkyl halides is 1. The fourth-order valence-corrected chi connectivity index (χ4v) is 2.51. The molecule has 1 N–H and O–H groups in total. The van der Waals surface area contributed by atoms with Crippen molar-refractivity contribution in [2.45, 2.75) is 69.2 Å². The standard InChI is InChI=1S/C12H22BrNO/c1-2-3-9-11(13)12(15)14-10-7-5-4-6-8-10/h10-11H,2-9H2,1H3,(H,14,15). The van der Waals surface area contributed by atoms with Crippen LogP contribution in [0.3, 0.4) is 0 Å². The topological polar surface area (TPSA) is 29.1 Å². The minimum atomic E-state index is 0.0133. The number of nitrogens with one attached hydrogen (secondary N) is 1. The molecule has 15 heavy (non-hydrogen) atoms. The van der Waals surface area contributed by atoms with Crippen molar-refractivity contribution in [1.82, 2.24) is 5.32 Å². The molecule has 0 aromatic rings. The van der Waals surface area contributed by atoms with Crippen LogP contribution in [0.2, 0.25) is 0 Å². The van der Waals surface area contributed by atoms with Crippen LogP contribution in [-0.4, -0.2) is 16.8 Å². The lowest BCUT2D eigenvalue weighted by atomic mass is 9.95. The van der Waals surface area contributed by atoms with Gasteiger partial charge < -0.3 is 5.32 Å². The zero-order valence-corrected chi connectivity index (χ0v) is 11.2. The Balaban J connectivity index is 2.20. The molecule has 0 radical (unpaired) electrons. The Morgan fingerprint density at radius 3 is 2.67 bits per heavy atom. The third-order valence-corrected chi connectivity index (χ3v) is 3.92. The van der Waals surface area contributed by atoms with Gasteiger partial charge in [-0.15, -0.1) is 0 Å². The quantitative estimate of drug-likeness (QED) is 0.766. The number of hydrogen-bond donors (Lipinski definition) is 1. The van der Waals surface area contributed by atoms with E-state index in [2.05, 4.69) is 28.2 Å². The highest BCUT2D eigenvalue weighted by atomic mass is 79.9. The van der Waals surface area contributed by atoms with Gasteiger partial charge >= 0.3 is 0 Å². The number of hydrogen-bond acceptors (Lipinski definition) is 1. The number of carbonyl (C=O) groups excluding carboxylic acids is 1. The second kappa shape index (κ2) is 7.26. The Hall–Kier alpha value is -0.0500. The molecular formula is C12H22BrNO. The molecule has 1 fully saturated rings. The average molecular weight is 276 g/mol. The van der Waals surface area contributed by atoms with Crippen molar-refractivity contribution < 1.29 is 4.79 Å². The fourth-order valence-electron chi connectivity index (χ4n) is 2.05. The van der Waals surface area contributed by atoms with Crippen molar-refractivity contribution in [3.63, 3.8) is 0 Å². The first-order chi connectivity index (χ1) is 7.24. The van der Waals surface area contributed by atoms with Crippen LogP contribution in [0.25, 0.3) is 0 Å². The van der Waals surface area contributed by atoms with Gasteiger partial charge in [0.2, 0.25) is 5.91 Å². The number of rotatable bonds is 5. The summed E-state index contributed by atoms with van der Waals surface area (Å²) in [5.74, 6) is 0.190. The zero-order valence-electron chi connectivity index (χ0n) is 9.60. The van der Waals surface area contributed by atoms with Crippen molar-refractivity contribution in [3.8, 4) is 0 Å². The molecule has 0 aromatic heterocycles. The lowest BCUT2D eigenvalue weighted by Gasteiger charge is -2.24.